The summed E-state index contributed by atoms with van der Waals surface area (Å²) in [5, 5.41) is 28.4. The lowest BCUT2D eigenvalue weighted by molar-refractivity contribution is -0.131. The number of rotatable bonds is 16. The molecule has 2 aromatic carbocycles. The average Bonchev–Trinajstić information content (AvgIpc) is 3.52. The monoisotopic (exact) mass is 819 g/mol. The first-order valence-corrected chi connectivity index (χ1v) is 20.6. The molecule has 4 aromatic rings. The van der Waals surface area contributed by atoms with Crippen LogP contribution in [0.4, 0.5) is 9.59 Å². The standard InChI is InChI=1S/C47H61N7O6/c1-31-15-14-18-35(49-31)30-53-25-26-54(44(53)58)41(47(5,6)7)43(57)51-38(28-32-16-10-9-11-17-32)39(55)29-36(50-42(56)40(46(2,3)4)52(8)45(59)60)27-33-20-22-34(23-21-33)37-19-12-13-24-48-37/h9-24,36,38-41,55H,25-30H2,1-8H3,(H,50,56)(H,51,57)(H,59,60)/t36-,38-,39+,40+,41+/m0/s1. The first-order chi connectivity index (χ1) is 28.3. The Balaban J connectivity index is 1.43. The van der Waals surface area contributed by atoms with Crippen LogP contribution in [0, 0.1) is 17.8 Å². The molecule has 1 fully saturated rings. The van der Waals surface area contributed by atoms with Crippen molar-refractivity contribution in [1.82, 2.24) is 35.3 Å². The quantitative estimate of drug-likeness (QED) is 0.102. The maximum Gasteiger partial charge on any atom is 0.407 e. The predicted octanol–water partition coefficient (Wildman–Crippen LogP) is 6.33. The molecule has 5 amide bonds. The highest BCUT2D eigenvalue weighted by molar-refractivity contribution is 5.89. The molecular formula is C47H61N7O6. The molecule has 13 nitrogen and oxygen atoms in total. The number of nitrogens with one attached hydrogen (secondary N) is 2. The van der Waals surface area contributed by atoms with E-state index in [2.05, 4.69) is 20.6 Å². The molecule has 5 rings (SSSR count). The fourth-order valence-corrected chi connectivity index (χ4v) is 8.11. The van der Waals surface area contributed by atoms with E-state index in [1.54, 1.807) is 36.8 Å². The fraction of sp³-hybridized carbons (Fsp3) is 0.447. The van der Waals surface area contributed by atoms with Crippen molar-refractivity contribution < 1.29 is 29.4 Å². The maximum atomic E-state index is 14.6. The Morgan fingerprint density at radius 2 is 1.47 bits per heavy atom. The molecule has 0 aliphatic carbocycles. The number of aromatic nitrogens is 2. The number of aryl methyl sites for hydroxylation is 1. The van der Waals surface area contributed by atoms with Gasteiger partial charge in [0, 0.05) is 43.6 Å². The van der Waals surface area contributed by atoms with Crippen LogP contribution < -0.4 is 10.6 Å². The Kier molecular flexibility index (Phi) is 14.7. The summed E-state index contributed by atoms with van der Waals surface area (Å²) in [6.45, 7) is 14.2. The van der Waals surface area contributed by atoms with Crippen LogP contribution in [0.3, 0.4) is 0 Å². The molecular weight excluding hydrogens is 759 g/mol. The van der Waals surface area contributed by atoms with Gasteiger partial charge in [0.2, 0.25) is 11.8 Å². The van der Waals surface area contributed by atoms with Crippen LogP contribution in [0.25, 0.3) is 11.3 Å². The summed E-state index contributed by atoms with van der Waals surface area (Å²) in [5.74, 6) is -0.892. The van der Waals surface area contributed by atoms with Gasteiger partial charge in [0.1, 0.15) is 12.1 Å². The SMILES string of the molecule is Cc1cccc(CN2CCN([C@H](C(=O)N[C@@H](Cc3ccccc3)[C@H](O)C[C@H](Cc3ccc(-c4ccccn4)cc3)NC(=O)[C@@H](N(C)C(=O)O)C(C)(C)C)C(C)(C)C)C2=O)n1. The first-order valence-electron chi connectivity index (χ1n) is 20.6. The molecule has 320 valence electrons. The lowest BCUT2D eigenvalue weighted by Gasteiger charge is -2.38. The third-order valence-corrected chi connectivity index (χ3v) is 10.9. The minimum atomic E-state index is -1.24. The Morgan fingerprint density at radius 1 is 0.800 bits per heavy atom. The molecule has 0 radical (unpaired) electrons. The van der Waals surface area contributed by atoms with E-state index in [-0.39, 0.29) is 18.9 Å². The molecule has 0 saturated carbocycles. The number of amides is 5. The lowest BCUT2D eigenvalue weighted by atomic mass is 9.84. The van der Waals surface area contributed by atoms with Crippen molar-refractivity contribution in [1.29, 1.82) is 0 Å². The molecule has 0 spiro atoms. The van der Waals surface area contributed by atoms with Crippen LogP contribution in [0.5, 0.6) is 0 Å². The van der Waals surface area contributed by atoms with Crippen LogP contribution in [0.1, 0.15) is 70.5 Å². The minimum absolute atomic E-state index is 0.0270. The zero-order valence-electron chi connectivity index (χ0n) is 36.1. The van der Waals surface area contributed by atoms with E-state index in [1.807, 2.05) is 119 Å². The van der Waals surface area contributed by atoms with Crippen molar-refractivity contribution in [3.05, 3.63) is 120 Å². The third kappa shape index (κ3) is 11.9. The number of carboxylic acid groups (broad SMARTS) is 1. The number of likely N-dealkylation sites (N-methyl/N-ethyl adjacent to an activating group) is 1. The van der Waals surface area contributed by atoms with Crippen molar-refractivity contribution in [2.24, 2.45) is 10.8 Å². The van der Waals surface area contributed by atoms with Gasteiger partial charge in [-0.25, -0.2) is 9.59 Å². The zero-order valence-corrected chi connectivity index (χ0v) is 36.1. The van der Waals surface area contributed by atoms with Gasteiger partial charge in [-0.1, -0.05) is 108 Å². The largest absolute Gasteiger partial charge is 0.465 e. The molecule has 13 heteroatoms. The number of aliphatic hydroxyl groups excluding tert-OH is 1. The molecule has 60 heavy (non-hydrogen) atoms. The summed E-state index contributed by atoms with van der Waals surface area (Å²) in [4.78, 5) is 68.1. The zero-order chi connectivity index (χ0) is 43.8. The van der Waals surface area contributed by atoms with Gasteiger partial charge in [0.15, 0.2) is 0 Å². The van der Waals surface area contributed by atoms with E-state index in [9.17, 15) is 29.4 Å². The van der Waals surface area contributed by atoms with Gasteiger partial charge in [-0.3, -0.25) is 24.5 Å². The van der Waals surface area contributed by atoms with E-state index in [1.165, 1.54) is 7.05 Å². The molecule has 1 aliphatic rings. The predicted molar refractivity (Wildman–Crippen MR) is 232 cm³/mol. The van der Waals surface area contributed by atoms with Gasteiger partial charge >= 0.3 is 12.1 Å². The molecule has 0 bridgehead atoms. The minimum Gasteiger partial charge on any atom is -0.465 e. The van der Waals surface area contributed by atoms with Gasteiger partial charge in [-0.05, 0) is 72.4 Å². The number of carbonyl (C=O) groups excluding carboxylic acids is 3. The van der Waals surface area contributed by atoms with E-state index in [0.717, 1.165) is 38.7 Å². The number of carbonyl (C=O) groups is 4. The van der Waals surface area contributed by atoms with Crippen molar-refractivity contribution in [3.63, 3.8) is 0 Å². The van der Waals surface area contributed by atoms with Crippen molar-refractivity contribution in [2.75, 3.05) is 20.1 Å². The number of pyridine rings is 2. The molecule has 1 saturated heterocycles. The molecule has 0 unspecified atom stereocenters. The van der Waals surface area contributed by atoms with Gasteiger partial charge in [-0.15, -0.1) is 0 Å². The average molecular weight is 820 g/mol. The maximum absolute atomic E-state index is 14.6. The number of hydrogen-bond acceptors (Lipinski definition) is 7. The van der Waals surface area contributed by atoms with Gasteiger partial charge < -0.3 is 30.6 Å². The third-order valence-electron chi connectivity index (χ3n) is 10.9. The highest BCUT2D eigenvalue weighted by Gasteiger charge is 2.45. The van der Waals surface area contributed by atoms with Crippen LogP contribution in [0.15, 0.2) is 97.2 Å². The molecule has 2 aromatic heterocycles. The van der Waals surface area contributed by atoms with E-state index >= 15 is 0 Å². The number of aliphatic hydroxyl groups is 1. The summed E-state index contributed by atoms with van der Waals surface area (Å²) >= 11 is 0. The van der Waals surface area contributed by atoms with E-state index < -0.39 is 59.0 Å². The molecule has 3 heterocycles. The van der Waals surface area contributed by atoms with Gasteiger partial charge in [-0.2, -0.15) is 0 Å². The second kappa shape index (κ2) is 19.5. The summed E-state index contributed by atoms with van der Waals surface area (Å²) in [6.07, 6.45) is -0.0708. The van der Waals surface area contributed by atoms with Crippen LogP contribution in [-0.4, -0.2) is 109 Å². The summed E-state index contributed by atoms with van der Waals surface area (Å²) in [5.41, 5.74) is 3.68. The summed E-state index contributed by atoms with van der Waals surface area (Å²) in [7, 11) is 1.37. The Bertz CT molecular complexity index is 2070. The van der Waals surface area contributed by atoms with Crippen LogP contribution in [0.2, 0.25) is 0 Å². The summed E-state index contributed by atoms with van der Waals surface area (Å²) < 4.78 is 0. The second-order valence-corrected chi connectivity index (χ2v) is 18.0. The molecule has 1 aliphatic heterocycles. The van der Waals surface area contributed by atoms with Crippen LogP contribution >= 0.6 is 0 Å². The second-order valence-electron chi connectivity index (χ2n) is 18.0. The first kappa shape index (κ1) is 45.3. The number of urea groups is 1. The van der Waals surface area contributed by atoms with Crippen molar-refractivity contribution in [2.45, 2.75) is 105 Å². The lowest BCUT2D eigenvalue weighted by Crippen LogP contribution is -2.59. The number of hydrogen-bond donors (Lipinski definition) is 4. The van der Waals surface area contributed by atoms with Crippen molar-refractivity contribution >= 4 is 23.9 Å². The van der Waals surface area contributed by atoms with E-state index in [4.69, 9.17) is 0 Å². The highest BCUT2D eigenvalue weighted by atomic mass is 16.4. The highest BCUT2D eigenvalue weighted by Crippen LogP contribution is 2.30. The fourth-order valence-electron chi connectivity index (χ4n) is 8.11. The topological polar surface area (TPSA) is 168 Å². The Morgan fingerprint density at radius 3 is 2.07 bits per heavy atom. The Hall–Kier alpha value is -5.82. The number of nitrogens with zero attached hydrogens (tertiary/aromatic N) is 5. The van der Waals surface area contributed by atoms with Gasteiger partial charge in [0.05, 0.1) is 30.1 Å². The van der Waals surface area contributed by atoms with Gasteiger partial charge in [0.25, 0.3) is 0 Å². The smallest absolute Gasteiger partial charge is 0.407 e. The van der Waals surface area contributed by atoms with Crippen LogP contribution in [-0.2, 0) is 29.0 Å². The van der Waals surface area contributed by atoms with Crippen molar-refractivity contribution in [3.8, 4) is 11.3 Å². The molecule has 4 N–H and O–H groups in total. The summed E-state index contributed by atoms with van der Waals surface area (Å²) in [6, 6.07) is 25.1. The Labute approximate surface area is 354 Å². The molecule has 5 atom stereocenters. The normalized spacial score (nSPS) is 15.8. The van der Waals surface area contributed by atoms with E-state index in [0.29, 0.717) is 26.1 Å². The number of benzene rings is 2.